The molecule has 1 amide bonds. The fourth-order valence-electron chi connectivity index (χ4n) is 1.72. The van der Waals surface area contributed by atoms with Crippen molar-refractivity contribution in [2.75, 3.05) is 5.75 Å². The van der Waals surface area contributed by atoms with Gasteiger partial charge in [-0.15, -0.1) is 0 Å². The molecule has 1 atom stereocenters. The van der Waals surface area contributed by atoms with Crippen molar-refractivity contribution in [2.45, 2.75) is 31.7 Å². The Morgan fingerprint density at radius 3 is 2.10 bits per heavy atom. The van der Waals surface area contributed by atoms with Crippen LogP contribution < -0.4 is 5.32 Å². The van der Waals surface area contributed by atoms with Gasteiger partial charge in [0, 0.05) is 5.56 Å². The molecule has 1 aromatic rings. The maximum atomic E-state index is 12.0. The highest BCUT2D eigenvalue weighted by molar-refractivity contribution is 7.91. The number of amides is 1. The van der Waals surface area contributed by atoms with E-state index in [1.54, 1.807) is 13.8 Å². The monoisotopic (exact) mass is 313 g/mol. The van der Waals surface area contributed by atoms with Crippen LogP contribution in [0.15, 0.2) is 29.2 Å². The minimum Gasteiger partial charge on any atom is -0.480 e. The minimum atomic E-state index is -3.32. The molecule has 0 radical (unpaired) electrons. The Hall–Kier alpha value is -1.89. The van der Waals surface area contributed by atoms with E-state index in [0.717, 1.165) is 0 Å². The van der Waals surface area contributed by atoms with Gasteiger partial charge >= 0.3 is 5.97 Å². The first-order valence-corrected chi connectivity index (χ1v) is 8.20. The van der Waals surface area contributed by atoms with Crippen LogP contribution in [0.4, 0.5) is 0 Å². The summed E-state index contributed by atoms with van der Waals surface area (Å²) in [5, 5.41) is 11.4. The van der Waals surface area contributed by atoms with Crippen LogP contribution in [0.2, 0.25) is 0 Å². The molecule has 1 aromatic carbocycles. The van der Waals surface area contributed by atoms with Crippen molar-refractivity contribution in [3.63, 3.8) is 0 Å². The zero-order valence-electron chi connectivity index (χ0n) is 12.2. The Balaban J connectivity index is 2.92. The molecule has 0 saturated carbocycles. The lowest BCUT2D eigenvalue weighted by atomic mass is 10.0. The van der Waals surface area contributed by atoms with Gasteiger partial charge in [0.2, 0.25) is 0 Å². The van der Waals surface area contributed by atoms with Crippen molar-refractivity contribution in [3.05, 3.63) is 29.8 Å². The lowest BCUT2D eigenvalue weighted by Crippen LogP contribution is -2.44. The van der Waals surface area contributed by atoms with Gasteiger partial charge in [-0.2, -0.15) is 0 Å². The van der Waals surface area contributed by atoms with Crippen LogP contribution in [-0.4, -0.2) is 37.2 Å². The zero-order valence-corrected chi connectivity index (χ0v) is 13.0. The average molecular weight is 313 g/mol. The summed E-state index contributed by atoms with van der Waals surface area (Å²) in [6.07, 6.45) is 0. The third-order valence-corrected chi connectivity index (χ3v) is 4.83. The van der Waals surface area contributed by atoms with E-state index in [1.165, 1.54) is 31.2 Å². The first-order chi connectivity index (χ1) is 9.69. The predicted molar refractivity (Wildman–Crippen MR) is 77.9 cm³/mol. The summed E-state index contributed by atoms with van der Waals surface area (Å²) in [6, 6.07) is 4.45. The molecule has 6 nitrogen and oxygen atoms in total. The molecular weight excluding hydrogens is 294 g/mol. The maximum absolute atomic E-state index is 12.0. The zero-order chi connectivity index (χ0) is 16.2. The van der Waals surface area contributed by atoms with E-state index in [9.17, 15) is 18.0 Å². The van der Waals surface area contributed by atoms with Crippen molar-refractivity contribution in [1.82, 2.24) is 5.32 Å². The summed E-state index contributed by atoms with van der Waals surface area (Å²) in [6.45, 7) is 4.92. The standard InChI is InChI=1S/C14H19NO5S/c1-4-21(19,20)11-7-5-10(6-8-11)13(16)15-12(9(2)3)14(17)18/h5-9,12H,4H2,1-3H3,(H,15,16)(H,17,18). The third-order valence-electron chi connectivity index (χ3n) is 3.07. The van der Waals surface area contributed by atoms with E-state index in [4.69, 9.17) is 5.11 Å². The quantitative estimate of drug-likeness (QED) is 0.825. The molecule has 0 aliphatic heterocycles. The molecule has 1 rings (SSSR count). The lowest BCUT2D eigenvalue weighted by molar-refractivity contribution is -0.140. The van der Waals surface area contributed by atoms with Gasteiger partial charge in [0.05, 0.1) is 10.6 Å². The molecule has 116 valence electrons. The molecule has 0 fully saturated rings. The highest BCUT2D eigenvalue weighted by Gasteiger charge is 2.24. The largest absolute Gasteiger partial charge is 0.480 e. The summed E-state index contributed by atoms with van der Waals surface area (Å²) in [4.78, 5) is 23.1. The lowest BCUT2D eigenvalue weighted by Gasteiger charge is -2.17. The maximum Gasteiger partial charge on any atom is 0.326 e. The Bertz CT molecular complexity index is 619. The predicted octanol–water partition coefficient (Wildman–Crippen LogP) is 1.32. The number of hydrogen-bond donors (Lipinski definition) is 2. The second kappa shape index (κ2) is 6.71. The van der Waals surface area contributed by atoms with Crippen molar-refractivity contribution < 1.29 is 23.1 Å². The number of carboxylic acids is 1. The van der Waals surface area contributed by atoms with Crippen molar-refractivity contribution >= 4 is 21.7 Å². The molecule has 2 N–H and O–H groups in total. The molecule has 0 bridgehead atoms. The number of nitrogens with one attached hydrogen (secondary N) is 1. The minimum absolute atomic E-state index is 0.0209. The smallest absolute Gasteiger partial charge is 0.326 e. The Kier molecular flexibility index (Phi) is 5.48. The van der Waals surface area contributed by atoms with Crippen LogP contribution in [0.1, 0.15) is 31.1 Å². The van der Waals surface area contributed by atoms with Gasteiger partial charge in [0.25, 0.3) is 5.91 Å². The van der Waals surface area contributed by atoms with Crippen LogP contribution in [0.3, 0.4) is 0 Å². The second-order valence-electron chi connectivity index (χ2n) is 4.96. The molecule has 0 saturated heterocycles. The van der Waals surface area contributed by atoms with Crippen LogP contribution >= 0.6 is 0 Å². The van der Waals surface area contributed by atoms with Gasteiger partial charge in [0.15, 0.2) is 9.84 Å². The molecule has 7 heteroatoms. The summed E-state index contributed by atoms with van der Waals surface area (Å²) in [5.41, 5.74) is 0.219. The molecule has 0 aliphatic carbocycles. The highest BCUT2D eigenvalue weighted by Crippen LogP contribution is 2.13. The molecule has 21 heavy (non-hydrogen) atoms. The third kappa shape index (κ3) is 4.29. The van der Waals surface area contributed by atoms with Crippen molar-refractivity contribution in [1.29, 1.82) is 0 Å². The van der Waals surface area contributed by atoms with E-state index >= 15 is 0 Å². The second-order valence-corrected chi connectivity index (χ2v) is 7.24. The van der Waals surface area contributed by atoms with Gasteiger partial charge < -0.3 is 10.4 Å². The summed E-state index contributed by atoms with van der Waals surface area (Å²) in [7, 11) is -3.32. The van der Waals surface area contributed by atoms with Gasteiger partial charge in [-0.1, -0.05) is 20.8 Å². The van der Waals surface area contributed by atoms with Crippen molar-refractivity contribution in [3.8, 4) is 0 Å². The number of carbonyl (C=O) groups excluding carboxylic acids is 1. The Morgan fingerprint density at radius 1 is 1.19 bits per heavy atom. The number of carboxylic acid groups (broad SMARTS) is 1. The first-order valence-electron chi connectivity index (χ1n) is 6.55. The van der Waals surface area contributed by atoms with Gasteiger partial charge in [0.1, 0.15) is 6.04 Å². The molecule has 1 unspecified atom stereocenters. The van der Waals surface area contributed by atoms with Crippen LogP contribution in [0.5, 0.6) is 0 Å². The molecular formula is C14H19NO5S. The molecule has 0 heterocycles. The number of aliphatic carboxylic acids is 1. The van der Waals surface area contributed by atoms with E-state index in [2.05, 4.69) is 5.32 Å². The molecule has 0 aromatic heterocycles. The number of carbonyl (C=O) groups is 2. The number of rotatable bonds is 6. The Labute approximate surface area is 124 Å². The summed E-state index contributed by atoms with van der Waals surface area (Å²) < 4.78 is 23.3. The summed E-state index contributed by atoms with van der Waals surface area (Å²) in [5.74, 6) is -1.93. The molecule has 0 spiro atoms. The topological polar surface area (TPSA) is 101 Å². The summed E-state index contributed by atoms with van der Waals surface area (Å²) >= 11 is 0. The van der Waals surface area contributed by atoms with E-state index in [1.807, 2.05) is 0 Å². The van der Waals surface area contributed by atoms with Crippen LogP contribution in [-0.2, 0) is 14.6 Å². The fourth-order valence-corrected chi connectivity index (χ4v) is 2.60. The number of sulfone groups is 1. The van der Waals surface area contributed by atoms with Gasteiger partial charge in [-0.3, -0.25) is 4.79 Å². The Morgan fingerprint density at radius 2 is 1.71 bits per heavy atom. The highest BCUT2D eigenvalue weighted by atomic mass is 32.2. The van der Waals surface area contributed by atoms with Crippen LogP contribution in [0.25, 0.3) is 0 Å². The normalized spacial score (nSPS) is 13.0. The van der Waals surface area contributed by atoms with E-state index in [0.29, 0.717) is 0 Å². The van der Waals surface area contributed by atoms with Gasteiger partial charge in [-0.05, 0) is 30.2 Å². The van der Waals surface area contributed by atoms with Gasteiger partial charge in [-0.25, -0.2) is 13.2 Å². The SMILES string of the molecule is CCS(=O)(=O)c1ccc(C(=O)NC(C(=O)O)C(C)C)cc1. The van der Waals surface area contributed by atoms with E-state index < -0.39 is 27.8 Å². The van der Waals surface area contributed by atoms with E-state index in [-0.39, 0.29) is 22.1 Å². The van der Waals surface area contributed by atoms with Crippen LogP contribution in [0, 0.1) is 5.92 Å². The molecule has 0 aliphatic rings. The number of hydrogen-bond acceptors (Lipinski definition) is 4. The number of benzene rings is 1. The average Bonchev–Trinajstić information content (AvgIpc) is 2.43. The fraction of sp³-hybridized carbons (Fsp3) is 0.429. The first kappa shape index (κ1) is 17.2. The van der Waals surface area contributed by atoms with Crippen molar-refractivity contribution in [2.24, 2.45) is 5.92 Å².